The number of aromatic nitrogens is 1. The number of carbonyl (C=O) groups excluding carboxylic acids is 1. The average molecular weight is 261 g/mol. The molecule has 19 heavy (non-hydrogen) atoms. The first-order valence-electron chi connectivity index (χ1n) is 5.54. The van der Waals surface area contributed by atoms with Gasteiger partial charge in [0.15, 0.2) is 11.9 Å². The van der Waals surface area contributed by atoms with Gasteiger partial charge >= 0.3 is 6.03 Å². The van der Waals surface area contributed by atoms with Crippen LogP contribution in [0.25, 0.3) is 0 Å². The molecule has 0 radical (unpaired) electrons. The van der Waals surface area contributed by atoms with Crippen LogP contribution in [0.5, 0.6) is 0 Å². The first kappa shape index (κ1) is 12.8. The Morgan fingerprint density at radius 2 is 2.00 bits per heavy atom. The summed E-state index contributed by atoms with van der Waals surface area (Å²) in [6, 6.07) is 7.68. The summed E-state index contributed by atoms with van der Waals surface area (Å²) in [5.41, 5.74) is 6.43. The molecule has 1 aromatic heterocycles. The van der Waals surface area contributed by atoms with Crippen LogP contribution in [-0.2, 0) is 0 Å². The lowest BCUT2D eigenvalue weighted by Crippen LogP contribution is -2.34. The molecule has 98 valence electrons. The van der Waals surface area contributed by atoms with Gasteiger partial charge < -0.3 is 10.9 Å². The van der Waals surface area contributed by atoms with Crippen molar-refractivity contribution < 1.29 is 13.9 Å². The van der Waals surface area contributed by atoms with Crippen molar-refractivity contribution >= 4 is 17.4 Å². The van der Waals surface area contributed by atoms with E-state index in [0.717, 1.165) is 4.90 Å². The predicted octanol–water partition coefficient (Wildman–Crippen LogP) is 1.98. The van der Waals surface area contributed by atoms with Crippen molar-refractivity contribution in [1.29, 1.82) is 0 Å². The molecule has 0 saturated carbocycles. The van der Waals surface area contributed by atoms with Gasteiger partial charge in [0, 0.05) is 19.1 Å². The molecular weight excluding hydrogens is 249 g/mol. The van der Waals surface area contributed by atoms with E-state index in [-0.39, 0.29) is 0 Å². The van der Waals surface area contributed by atoms with Gasteiger partial charge in [0.25, 0.3) is 0 Å². The van der Waals surface area contributed by atoms with Crippen LogP contribution in [0.1, 0.15) is 5.69 Å². The molecule has 1 aromatic carbocycles. The molecule has 0 bridgehead atoms. The number of nitrogens with zero attached hydrogens (tertiary/aromatic N) is 2. The van der Waals surface area contributed by atoms with Gasteiger partial charge in [-0.2, -0.15) is 4.73 Å². The topological polar surface area (TPSA) is 73.3 Å². The minimum absolute atomic E-state index is 0.301. The molecule has 5 nitrogen and oxygen atoms in total. The second kappa shape index (κ2) is 4.93. The summed E-state index contributed by atoms with van der Waals surface area (Å²) >= 11 is 0. The second-order valence-electron chi connectivity index (χ2n) is 4.01. The van der Waals surface area contributed by atoms with E-state index in [0.29, 0.717) is 21.8 Å². The molecule has 0 atom stereocenters. The fraction of sp³-hybridized carbons (Fsp3) is 0.0769. The first-order chi connectivity index (χ1) is 8.99. The Kier molecular flexibility index (Phi) is 3.33. The second-order valence-corrected chi connectivity index (χ2v) is 4.01. The van der Waals surface area contributed by atoms with E-state index in [2.05, 4.69) is 0 Å². The first-order valence-corrected chi connectivity index (χ1v) is 5.54. The third-order valence-electron chi connectivity index (χ3n) is 2.63. The van der Waals surface area contributed by atoms with Crippen molar-refractivity contribution in [2.45, 2.75) is 6.92 Å². The van der Waals surface area contributed by atoms with Crippen LogP contribution in [0.4, 0.5) is 20.6 Å². The number of halogens is 1. The summed E-state index contributed by atoms with van der Waals surface area (Å²) in [5, 5.41) is 11.3. The number of nitrogens with two attached hydrogens (primary N) is 1. The van der Waals surface area contributed by atoms with Crippen LogP contribution in [0.15, 0.2) is 42.6 Å². The largest absolute Gasteiger partial charge is 0.619 e. The SMILES string of the molecule is Cc1cc(N(C(N)=O)c2cccc(F)c2)cc[n+]1[O-]. The molecule has 0 saturated heterocycles. The van der Waals surface area contributed by atoms with Crippen molar-refractivity contribution in [3.05, 3.63) is 59.3 Å². The smallest absolute Gasteiger partial charge is 0.323 e. The van der Waals surface area contributed by atoms with Gasteiger partial charge in [-0.05, 0) is 18.2 Å². The lowest BCUT2D eigenvalue weighted by atomic mass is 10.2. The number of rotatable bonds is 2. The number of amides is 2. The Morgan fingerprint density at radius 1 is 1.32 bits per heavy atom. The molecule has 0 aliphatic carbocycles. The highest BCUT2D eigenvalue weighted by atomic mass is 19.1. The van der Waals surface area contributed by atoms with E-state index in [9.17, 15) is 14.4 Å². The molecule has 1 heterocycles. The Hall–Kier alpha value is -2.63. The van der Waals surface area contributed by atoms with Gasteiger partial charge in [-0.15, -0.1) is 0 Å². The zero-order chi connectivity index (χ0) is 14.0. The summed E-state index contributed by atoms with van der Waals surface area (Å²) < 4.78 is 13.9. The van der Waals surface area contributed by atoms with Crippen molar-refractivity contribution in [2.75, 3.05) is 4.90 Å². The summed E-state index contributed by atoms with van der Waals surface area (Å²) in [5.74, 6) is -0.477. The Morgan fingerprint density at radius 3 is 2.58 bits per heavy atom. The minimum atomic E-state index is -0.756. The predicted molar refractivity (Wildman–Crippen MR) is 68.3 cm³/mol. The molecule has 0 unspecified atom stereocenters. The van der Waals surface area contributed by atoms with Crippen LogP contribution >= 0.6 is 0 Å². The monoisotopic (exact) mass is 261 g/mol. The average Bonchev–Trinajstić information content (AvgIpc) is 2.33. The van der Waals surface area contributed by atoms with Crippen LogP contribution in [0.2, 0.25) is 0 Å². The van der Waals surface area contributed by atoms with Crippen molar-refractivity contribution in [3.8, 4) is 0 Å². The van der Waals surface area contributed by atoms with E-state index in [1.165, 1.54) is 36.5 Å². The van der Waals surface area contributed by atoms with E-state index >= 15 is 0 Å². The number of hydrogen-bond donors (Lipinski definition) is 1. The van der Waals surface area contributed by atoms with Crippen LogP contribution in [0.3, 0.4) is 0 Å². The molecule has 0 fully saturated rings. The molecule has 0 spiro atoms. The molecule has 2 rings (SSSR count). The quantitative estimate of drug-likeness (QED) is 0.663. The number of urea groups is 1. The van der Waals surface area contributed by atoms with E-state index in [4.69, 9.17) is 5.73 Å². The van der Waals surface area contributed by atoms with Crippen LogP contribution in [-0.4, -0.2) is 6.03 Å². The third-order valence-corrected chi connectivity index (χ3v) is 2.63. The molecule has 0 aliphatic rings. The highest BCUT2D eigenvalue weighted by Gasteiger charge is 2.17. The number of pyridine rings is 1. The van der Waals surface area contributed by atoms with Crippen LogP contribution in [0, 0.1) is 17.9 Å². The summed E-state index contributed by atoms with van der Waals surface area (Å²) in [4.78, 5) is 12.7. The highest BCUT2D eigenvalue weighted by Crippen LogP contribution is 2.25. The fourth-order valence-electron chi connectivity index (χ4n) is 1.75. The van der Waals surface area contributed by atoms with Gasteiger partial charge in [-0.1, -0.05) is 6.07 Å². The fourth-order valence-corrected chi connectivity index (χ4v) is 1.75. The van der Waals surface area contributed by atoms with E-state index in [1.54, 1.807) is 13.0 Å². The molecule has 0 aliphatic heterocycles. The third kappa shape index (κ3) is 2.62. The molecule has 6 heteroatoms. The van der Waals surface area contributed by atoms with Gasteiger partial charge in [-0.3, -0.25) is 4.90 Å². The zero-order valence-corrected chi connectivity index (χ0v) is 10.2. The van der Waals surface area contributed by atoms with Gasteiger partial charge in [0.05, 0.1) is 11.4 Å². The normalized spacial score (nSPS) is 10.2. The number of carbonyl (C=O) groups is 1. The molecule has 2 amide bonds. The number of hydrogen-bond acceptors (Lipinski definition) is 2. The lowest BCUT2D eigenvalue weighted by Gasteiger charge is -2.20. The molecular formula is C13H12FN3O2. The zero-order valence-electron chi connectivity index (χ0n) is 10.2. The van der Waals surface area contributed by atoms with Crippen molar-refractivity contribution in [3.63, 3.8) is 0 Å². The van der Waals surface area contributed by atoms with Gasteiger partial charge in [-0.25, -0.2) is 9.18 Å². The van der Waals surface area contributed by atoms with E-state index in [1.807, 2.05) is 0 Å². The Bertz CT molecular complexity index is 631. The molecule has 2 aromatic rings. The summed E-state index contributed by atoms with van der Waals surface area (Å²) in [6.45, 7) is 1.60. The summed E-state index contributed by atoms with van der Waals surface area (Å²) in [6.07, 6.45) is 1.26. The summed E-state index contributed by atoms with van der Waals surface area (Å²) in [7, 11) is 0. The van der Waals surface area contributed by atoms with Crippen molar-refractivity contribution in [1.82, 2.24) is 0 Å². The van der Waals surface area contributed by atoms with Crippen LogP contribution < -0.4 is 15.4 Å². The maximum atomic E-state index is 13.2. The van der Waals surface area contributed by atoms with Crippen molar-refractivity contribution in [2.24, 2.45) is 5.73 Å². The minimum Gasteiger partial charge on any atom is -0.619 e. The van der Waals surface area contributed by atoms with E-state index < -0.39 is 11.8 Å². The number of primary amides is 1. The standard InChI is InChI=1S/C13H12FN3O2/c1-9-7-12(5-6-16(9)19)17(13(15)18)11-4-2-3-10(14)8-11/h2-8H,1H3,(H2,15,18). The highest BCUT2D eigenvalue weighted by molar-refractivity contribution is 5.98. The lowest BCUT2D eigenvalue weighted by molar-refractivity contribution is -0.612. The number of aryl methyl sites for hydroxylation is 1. The maximum absolute atomic E-state index is 13.2. The number of anilines is 2. The van der Waals surface area contributed by atoms with Gasteiger partial charge in [0.2, 0.25) is 0 Å². The Balaban J connectivity index is 2.51. The van der Waals surface area contributed by atoms with Gasteiger partial charge in [0.1, 0.15) is 5.82 Å². The maximum Gasteiger partial charge on any atom is 0.323 e. The number of benzene rings is 1. The molecule has 2 N–H and O–H groups in total. The Labute approximate surface area is 109 Å².